The lowest BCUT2D eigenvalue weighted by atomic mass is 10.0. The van der Waals surface area contributed by atoms with E-state index in [1.165, 1.54) is 48.5 Å². The summed E-state index contributed by atoms with van der Waals surface area (Å²) in [4.78, 5) is 23.4. The second kappa shape index (κ2) is 7.44. The van der Waals surface area contributed by atoms with E-state index in [0.717, 1.165) is 0 Å². The van der Waals surface area contributed by atoms with Crippen LogP contribution in [0.3, 0.4) is 0 Å². The van der Waals surface area contributed by atoms with Crippen LogP contribution in [0, 0.1) is 11.6 Å². The number of ketones is 1. The first-order valence-electron chi connectivity index (χ1n) is 8.76. The molecule has 0 saturated heterocycles. The zero-order chi connectivity index (χ0) is 20.4. The molecule has 0 saturated carbocycles. The second-order valence-electron chi connectivity index (χ2n) is 6.41. The molecule has 1 unspecified atom stereocenters. The molecule has 0 aliphatic carbocycles. The first-order valence-corrected chi connectivity index (χ1v) is 8.76. The van der Waals surface area contributed by atoms with Crippen LogP contribution in [0.2, 0.25) is 0 Å². The molecule has 0 bridgehead atoms. The number of nitrogens with one attached hydrogen (secondary N) is 1. The zero-order valence-electron chi connectivity index (χ0n) is 15.0. The summed E-state index contributed by atoms with van der Waals surface area (Å²) in [5.74, 6) is -2.77. The number of hydrogen-bond donors (Lipinski definition) is 1. The monoisotopic (exact) mass is 395 g/mol. The highest BCUT2D eigenvalue weighted by atomic mass is 19.1. The van der Waals surface area contributed by atoms with Crippen molar-refractivity contribution in [2.75, 3.05) is 0 Å². The minimum Gasteiger partial charge on any atom is -0.436 e. The van der Waals surface area contributed by atoms with E-state index in [0.29, 0.717) is 11.1 Å². The maximum Gasteiger partial charge on any atom is 0.343 e. The molecule has 0 radical (unpaired) electrons. The zero-order valence-corrected chi connectivity index (χ0v) is 15.0. The van der Waals surface area contributed by atoms with Crippen LogP contribution in [-0.2, 0) is 15.5 Å². The van der Waals surface area contributed by atoms with Gasteiger partial charge in [-0.25, -0.2) is 14.1 Å². The number of carbonyl (C=O) groups excluding carboxylic acids is 2. The Kier molecular flexibility index (Phi) is 4.82. The summed E-state index contributed by atoms with van der Waals surface area (Å²) in [6.07, 6.45) is 0.223. The minimum absolute atomic E-state index is 0.223. The Labute approximate surface area is 164 Å². The maximum atomic E-state index is 13.3. The van der Waals surface area contributed by atoms with Gasteiger partial charge in [0.25, 0.3) is 0 Å². The van der Waals surface area contributed by atoms with Gasteiger partial charge in [0, 0.05) is 0 Å². The highest BCUT2D eigenvalue weighted by Gasteiger charge is 2.50. The number of Topliss-reactive ketones (excluding diaryl/α,β-unsaturated/α-hetero) is 1. The fraction of sp³-hybridized carbons (Fsp3) is 0.0909. The molecule has 1 atom stereocenters. The molecule has 7 heteroatoms. The average molecular weight is 395 g/mol. The SMILES string of the molecule is O=CC(=O)C1NC(Oc2ccc(F)cc2)(Oc2ccc(F)cc2)c2ccccc21. The largest absolute Gasteiger partial charge is 0.436 e. The fourth-order valence-electron chi connectivity index (χ4n) is 3.21. The van der Waals surface area contributed by atoms with E-state index in [-0.39, 0.29) is 17.8 Å². The summed E-state index contributed by atoms with van der Waals surface area (Å²) in [5.41, 5.74) is 0.975. The Morgan fingerprint density at radius 2 is 1.38 bits per heavy atom. The average Bonchev–Trinajstić information content (AvgIpc) is 3.05. The normalized spacial score (nSPS) is 16.7. The van der Waals surface area contributed by atoms with Gasteiger partial charge in [0.15, 0.2) is 6.29 Å². The molecule has 3 aromatic carbocycles. The first kappa shape index (κ1) is 18.8. The summed E-state index contributed by atoms with van der Waals surface area (Å²) >= 11 is 0. The van der Waals surface area contributed by atoms with E-state index in [9.17, 15) is 18.4 Å². The van der Waals surface area contributed by atoms with Crippen LogP contribution in [0.4, 0.5) is 8.78 Å². The number of rotatable bonds is 6. The topological polar surface area (TPSA) is 64.6 Å². The molecule has 3 aromatic rings. The van der Waals surface area contributed by atoms with E-state index < -0.39 is 29.4 Å². The molecular formula is C22H15F2NO4. The summed E-state index contributed by atoms with van der Waals surface area (Å²) in [5, 5.41) is 2.93. The first-order chi connectivity index (χ1) is 14.0. The van der Waals surface area contributed by atoms with Crippen LogP contribution in [0.1, 0.15) is 17.2 Å². The highest BCUT2D eigenvalue weighted by Crippen LogP contribution is 2.41. The summed E-state index contributed by atoms with van der Waals surface area (Å²) in [6, 6.07) is 16.3. The lowest BCUT2D eigenvalue weighted by molar-refractivity contribution is -0.152. The maximum absolute atomic E-state index is 13.3. The molecule has 1 N–H and O–H groups in total. The summed E-state index contributed by atoms with van der Waals surface area (Å²) < 4.78 is 38.7. The predicted molar refractivity (Wildman–Crippen MR) is 99.1 cm³/mol. The third-order valence-corrected chi connectivity index (χ3v) is 4.51. The molecule has 1 aliphatic rings. The van der Waals surface area contributed by atoms with Crippen molar-refractivity contribution < 1.29 is 27.8 Å². The second-order valence-corrected chi connectivity index (χ2v) is 6.41. The van der Waals surface area contributed by atoms with Crippen LogP contribution >= 0.6 is 0 Å². The summed E-state index contributed by atoms with van der Waals surface area (Å²) in [6.45, 7) is 0. The number of aldehydes is 1. The summed E-state index contributed by atoms with van der Waals surface area (Å²) in [7, 11) is 0. The molecule has 29 heavy (non-hydrogen) atoms. The van der Waals surface area contributed by atoms with Gasteiger partial charge in [-0.2, -0.15) is 0 Å². The Morgan fingerprint density at radius 3 is 1.90 bits per heavy atom. The third kappa shape index (κ3) is 3.60. The third-order valence-electron chi connectivity index (χ3n) is 4.51. The number of fused-ring (bicyclic) bond motifs is 1. The Morgan fingerprint density at radius 1 is 0.862 bits per heavy atom. The molecule has 0 aromatic heterocycles. The van der Waals surface area contributed by atoms with Crippen LogP contribution in [0.5, 0.6) is 11.5 Å². The molecular weight excluding hydrogens is 380 g/mol. The van der Waals surface area contributed by atoms with Crippen LogP contribution in [0.25, 0.3) is 0 Å². The van der Waals surface area contributed by atoms with Gasteiger partial charge < -0.3 is 9.47 Å². The van der Waals surface area contributed by atoms with Crippen molar-refractivity contribution >= 4 is 12.1 Å². The molecule has 146 valence electrons. The van der Waals surface area contributed by atoms with E-state index in [2.05, 4.69) is 5.32 Å². The number of benzene rings is 3. The molecule has 5 nitrogen and oxygen atoms in total. The molecule has 0 spiro atoms. The van der Waals surface area contributed by atoms with Gasteiger partial charge in [-0.3, -0.25) is 9.59 Å². The van der Waals surface area contributed by atoms with Crippen molar-refractivity contribution in [2.45, 2.75) is 12.0 Å². The van der Waals surface area contributed by atoms with E-state index in [1.807, 2.05) is 0 Å². The van der Waals surface area contributed by atoms with E-state index in [1.54, 1.807) is 24.3 Å². The molecule has 1 heterocycles. The van der Waals surface area contributed by atoms with E-state index >= 15 is 0 Å². The van der Waals surface area contributed by atoms with Gasteiger partial charge in [-0.15, -0.1) is 0 Å². The lowest BCUT2D eigenvalue weighted by Gasteiger charge is -2.32. The van der Waals surface area contributed by atoms with Crippen molar-refractivity contribution in [3.8, 4) is 11.5 Å². The van der Waals surface area contributed by atoms with Crippen molar-refractivity contribution in [1.82, 2.24) is 5.32 Å². The van der Waals surface area contributed by atoms with Gasteiger partial charge in [-0.1, -0.05) is 18.2 Å². The van der Waals surface area contributed by atoms with Gasteiger partial charge in [0.2, 0.25) is 5.78 Å². The quantitative estimate of drug-likeness (QED) is 0.392. The number of halogens is 2. The van der Waals surface area contributed by atoms with Gasteiger partial charge in [0.05, 0.1) is 5.56 Å². The lowest BCUT2D eigenvalue weighted by Crippen LogP contribution is -2.50. The predicted octanol–water partition coefficient (Wildman–Crippen LogP) is 3.65. The van der Waals surface area contributed by atoms with Crippen molar-refractivity contribution in [3.05, 3.63) is 95.6 Å². The molecule has 0 amide bonds. The Bertz CT molecular complexity index is 1000. The van der Waals surface area contributed by atoms with Crippen molar-refractivity contribution in [1.29, 1.82) is 0 Å². The molecule has 1 aliphatic heterocycles. The van der Waals surface area contributed by atoms with E-state index in [4.69, 9.17) is 9.47 Å². The standard InChI is InChI=1S/C22H15F2NO4/c23-14-5-9-16(10-6-14)28-22(29-17-11-7-15(24)8-12-17)19-4-2-1-3-18(19)21(25-22)20(27)13-26/h1-13,21,25H. The Balaban J connectivity index is 1.81. The van der Waals surface area contributed by atoms with Gasteiger partial charge in [-0.05, 0) is 60.2 Å². The fourth-order valence-corrected chi connectivity index (χ4v) is 3.21. The molecule has 0 fully saturated rings. The smallest absolute Gasteiger partial charge is 0.343 e. The van der Waals surface area contributed by atoms with Crippen LogP contribution in [0.15, 0.2) is 72.8 Å². The molecule has 4 rings (SSSR count). The minimum atomic E-state index is -1.70. The van der Waals surface area contributed by atoms with Crippen LogP contribution < -0.4 is 14.8 Å². The van der Waals surface area contributed by atoms with Gasteiger partial charge >= 0.3 is 5.91 Å². The van der Waals surface area contributed by atoms with Crippen molar-refractivity contribution in [3.63, 3.8) is 0 Å². The van der Waals surface area contributed by atoms with Gasteiger partial charge in [0.1, 0.15) is 29.2 Å². The number of carbonyl (C=O) groups is 2. The highest BCUT2D eigenvalue weighted by molar-refractivity contribution is 6.27. The number of ether oxygens (including phenoxy) is 2. The Hall–Kier alpha value is -3.58. The van der Waals surface area contributed by atoms with Crippen LogP contribution in [-0.4, -0.2) is 12.1 Å². The number of hydrogen-bond acceptors (Lipinski definition) is 5. The van der Waals surface area contributed by atoms with Crippen molar-refractivity contribution in [2.24, 2.45) is 0 Å².